The molecule has 1 atom stereocenters. The number of benzene rings is 1. The van der Waals surface area contributed by atoms with Crippen molar-refractivity contribution in [2.24, 2.45) is 0 Å². The van der Waals surface area contributed by atoms with Gasteiger partial charge in [0.2, 0.25) is 0 Å². The van der Waals surface area contributed by atoms with Gasteiger partial charge < -0.3 is 9.84 Å². The van der Waals surface area contributed by atoms with Crippen molar-refractivity contribution in [3.8, 4) is 5.75 Å². The number of carbonyl (C=O) groups excluding carboxylic acids is 1. The Kier molecular flexibility index (Phi) is 3.91. The summed E-state index contributed by atoms with van der Waals surface area (Å²) >= 11 is 1.23. The highest BCUT2D eigenvalue weighted by Gasteiger charge is 2.10. The molecular weight excluding hydrogens is 252 g/mol. The molecule has 1 unspecified atom stereocenters. The van der Waals surface area contributed by atoms with Crippen LogP contribution in [0, 0.1) is 0 Å². The lowest BCUT2D eigenvalue weighted by atomic mass is 10.3. The van der Waals surface area contributed by atoms with Crippen molar-refractivity contribution in [2.75, 3.05) is 5.32 Å². The SMILES string of the molecule is CC(O)c1csc(NC(=O)Oc2ccccc2)n1. The van der Waals surface area contributed by atoms with Gasteiger partial charge in [0.05, 0.1) is 11.8 Å². The predicted octanol–water partition coefficient (Wildman–Crippen LogP) is 2.81. The van der Waals surface area contributed by atoms with Crippen LogP contribution in [0.1, 0.15) is 18.7 Å². The van der Waals surface area contributed by atoms with E-state index in [0.717, 1.165) is 0 Å². The van der Waals surface area contributed by atoms with Gasteiger partial charge in [-0.1, -0.05) is 18.2 Å². The van der Waals surface area contributed by atoms with Gasteiger partial charge in [0.1, 0.15) is 5.75 Å². The molecule has 18 heavy (non-hydrogen) atoms. The number of aliphatic hydroxyl groups excluding tert-OH is 1. The number of ether oxygens (including phenoxy) is 1. The van der Waals surface area contributed by atoms with Crippen molar-refractivity contribution in [3.05, 3.63) is 41.4 Å². The van der Waals surface area contributed by atoms with Gasteiger partial charge in [0, 0.05) is 5.38 Å². The highest BCUT2D eigenvalue weighted by atomic mass is 32.1. The van der Waals surface area contributed by atoms with Crippen LogP contribution in [0.5, 0.6) is 5.75 Å². The summed E-state index contributed by atoms with van der Waals surface area (Å²) in [6.45, 7) is 1.61. The lowest BCUT2D eigenvalue weighted by Crippen LogP contribution is -2.16. The van der Waals surface area contributed by atoms with Crippen molar-refractivity contribution in [3.63, 3.8) is 0 Å². The van der Waals surface area contributed by atoms with E-state index in [1.54, 1.807) is 36.6 Å². The van der Waals surface area contributed by atoms with E-state index in [1.165, 1.54) is 11.3 Å². The number of carbonyl (C=O) groups is 1. The Labute approximate surface area is 108 Å². The number of nitrogens with zero attached hydrogens (tertiary/aromatic N) is 1. The molecule has 5 nitrogen and oxygen atoms in total. The molecule has 6 heteroatoms. The first-order chi connectivity index (χ1) is 8.65. The number of aromatic nitrogens is 1. The molecular formula is C12H12N2O3S. The first-order valence-electron chi connectivity index (χ1n) is 5.32. The molecule has 0 radical (unpaired) electrons. The summed E-state index contributed by atoms with van der Waals surface area (Å²) in [5, 5.41) is 13.9. The number of anilines is 1. The van der Waals surface area contributed by atoms with Gasteiger partial charge >= 0.3 is 6.09 Å². The number of hydrogen-bond donors (Lipinski definition) is 2. The molecule has 1 amide bonds. The molecule has 0 aliphatic heterocycles. The molecule has 94 valence electrons. The van der Waals surface area contributed by atoms with Crippen LogP contribution in [0.4, 0.5) is 9.93 Å². The van der Waals surface area contributed by atoms with E-state index in [2.05, 4.69) is 10.3 Å². The number of nitrogens with one attached hydrogen (secondary N) is 1. The van der Waals surface area contributed by atoms with E-state index in [4.69, 9.17) is 4.74 Å². The highest BCUT2D eigenvalue weighted by Crippen LogP contribution is 2.20. The molecule has 2 rings (SSSR count). The third-order valence-corrected chi connectivity index (χ3v) is 2.89. The summed E-state index contributed by atoms with van der Waals surface area (Å²) in [5.74, 6) is 0.460. The van der Waals surface area contributed by atoms with Crippen LogP contribution in [0.3, 0.4) is 0 Å². The minimum atomic E-state index is -0.651. The quantitative estimate of drug-likeness (QED) is 0.894. The fourth-order valence-electron chi connectivity index (χ4n) is 1.24. The molecule has 0 fully saturated rings. The first-order valence-corrected chi connectivity index (χ1v) is 6.20. The van der Waals surface area contributed by atoms with Gasteiger partial charge in [-0.15, -0.1) is 11.3 Å². The largest absolute Gasteiger partial charge is 0.418 e. The van der Waals surface area contributed by atoms with E-state index >= 15 is 0 Å². The molecule has 0 spiro atoms. The van der Waals surface area contributed by atoms with Crippen molar-refractivity contribution >= 4 is 22.6 Å². The van der Waals surface area contributed by atoms with Crippen molar-refractivity contribution in [2.45, 2.75) is 13.0 Å². The van der Waals surface area contributed by atoms with E-state index in [-0.39, 0.29) is 0 Å². The topological polar surface area (TPSA) is 71.5 Å². The second-order valence-electron chi connectivity index (χ2n) is 3.58. The zero-order chi connectivity index (χ0) is 13.0. The fraction of sp³-hybridized carbons (Fsp3) is 0.167. The Morgan fingerprint density at radius 3 is 2.78 bits per heavy atom. The first kappa shape index (κ1) is 12.5. The second-order valence-corrected chi connectivity index (χ2v) is 4.44. The average molecular weight is 264 g/mol. The summed E-state index contributed by atoms with van der Waals surface area (Å²) in [6, 6.07) is 8.75. The Morgan fingerprint density at radius 1 is 1.44 bits per heavy atom. The fourth-order valence-corrected chi connectivity index (χ4v) is 2.03. The van der Waals surface area contributed by atoms with Gasteiger partial charge in [-0.2, -0.15) is 0 Å². The number of thiazole rings is 1. The summed E-state index contributed by atoms with van der Waals surface area (Å²) < 4.78 is 5.04. The molecule has 0 saturated heterocycles. The van der Waals surface area contributed by atoms with Crippen LogP contribution in [0.2, 0.25) is 0 Å². The van der Waals surface area contributed by atoms with Crippen LogP contribution in [0.15, 0.2) is 35.7 Å². The van der Waals surface area contributed by atoms with Gasteiger partial charge in [-0.05, 0) is 19.1 Å². The van der Waals surface area contributed by atoms with Crippen LogP contribution >= 0.6 is 11.3 Å². The molecule has 2 aromatic rings. The Morgan fingerprint density at radius 2 is 2.17 bits per heavy atom. The Hall–Kier alpha value is -1.92. The summed E-state index contributed by atoms with van der Waals surface area (Å²) in [7, 11) is 0. The van der Waals surface area contributed by atoms with E-state index in [9.17, 15) is 9.90 Å². The Bertz CT molecular complexity index is 525. The van der Waals surface area contributed by atoms with E-state index in [0.29, 0.717) is 16.6 Å². The van der Waals surface area contributed by atoms with Gasteiger partial charge in [-0.3, -0.25) is 5.32 Å². The van der Waals surface area contributed by atoms with Crippen LogP contribution in [-0.4, -0.2) is 16.2 Å². The molecule has 1 aromatic carbocycles. The van der Waals surface area contributed by atoms with Gasteiger partial charge in [0.15, 0.2) is 5.13 Å². The minimum absolute atomic E-state index is 0.395. The third-order valence-electron chi connectivity index (χ3n) is 2.11. The molecule has 0 bridgehead atoms. The normalized spacial score (nSPS) is 11.9. The summed E-state index contributed by atoms with van der Waals surface area (Å²) in [4.78, 5) is 15.6. The number of hydrogen-bond acceptors (Lipinski definition) is 5. The number of para-hydroxylation sites is 1. The molecule has 1 aromatic heterocycles. The van der Waals surface area contributed by atoms with E-state index in [1.807, 2.05) is 6.07 Å². The molecule has 0 aliphatic carbocycles. The lowest BCUT2D eigenvalue weighted by molar-refractivity contribution is 0.195. The Balaban J connectivity index is 1.95. The summed E-state index contributed by atoms with van der Waals surface area (Å²) in [6.07, 6.45) is -1.25. The zero-order valence-corrected chi connectivity index (χ0v) is 10.5. The smallest absolute Gasteiger partial charge is 0.410 e. The highest BCUT2D eigenvalue weighted by molar-refractivity contribution is 7.13. The van der Waals surface area contributed by atoms with E-state index < -0.39 is 12.2 Å². The van der Waals surface area contributed by atoms with Crippen LogP contribution in [-0.2, 0) is 0 Å². The number of rotatable bonds is 3. The average Bonchev–Trinajstić information content (AvgIpc) is 2.78. The minimum Gasteiger partial charge on any atom is -0.410 e. The standard InChI is InChI=1S/C12H12N2O3S/c1-8(15)10-7-18-11(13-10)14-12(16)17-9-5-3-2-4-6-9/h2-8,15H,1H3,(H,13,14,16). The molecule has 0 aliphatic rings. The summed E-state index contributed by atoms with van der Waals surface area (Å²) in [5.41, 5.74) is 0.523. The lowest BCUT2D eigenvalue weighted by Gasteiger charge is -2.03. The second kappa shape index (κ2) is 5.61. The third kappa shape index (κ3) is 3.28. The number of amides is 1. The molecule has 1 heterocycles. The van der Waals surface area contributed by atoms with Crippen LogP contribution in [0.25, 0.3) is 0 Å². The molecule has 0 saturated carbocycles. The zero-order valence-electron chi connectivity index (χ0n) is 9.66. The maximum atomic E-state index is 11.5. The van der Waals surface area contributed by atoms with Crippen LogP contribution < -0.4 is 10.1 Å². The van der Waals surface area contributed by atoms with Crippen molar-refractivity contribution in [1.82, 2.24) is 4.98 Å². The van der Waals surface area contributed by atoms with Gasteiger partial charge in [0.25, 0.3) is 0 Å². The van der Waals surface area contributed by atoms with Crippen molar-refractivity contribution in [1.29, 1.82) is 0 Å². The predicted molar refractivity (Wildman–Crippen MR) is 68.8 cm³/mol. The maximum absolute atomic E-state index is 11.5. The monoisotopic (exact) mass is 264 g/mol. The maximum Gasteiger partial charge on any atom is 0.418 e. The van der Waals surface area contributed by atoms with Crippen molar-refractivity contribution < 1.29 is 14.6 Å². The number of aliphatic hydroxyl groups is 1. The molecule has 2 N–H and O–H groups in total. The van der Waals surface area contributed by atoms with Gasteiger partial charge in [-0.25, -0.2) is 9.78 Å².